The molecule has 1 aliphatic rings. The summed E-state index contributed by atoms with van der Waals surface area (Å²) < 4.78 is 5.32. The number of aromatic nitrogens is 2. The standard InChI is InChI=1S/C19H26N4O2/c1-4-18-20-13-17(21-18)19(24)23-10-8-22(9-11-23)14(2)15-6-5-7-16(12-15)25-3/h5-7,12-14H,4,8-11H2,1-3H3,(H,20,21)/t14-/m0/s1. The predicted octanol–water partition coefficient (Wildman–Crippen LogP) is 2.50. The van der Waals surface area contributed by atoms with E-state index in [2.05, 4.69) is 33.9 Å². The minimum Gasteiger partial charge on any atom is -0.497 e. The maximum Gasteiger partial charge on any atom is 0.272 e. The van der Waals surface area contributed by atoms with Crippen molar-refractivity contribution in [3.8, 4) is 5.75 Å². The van der Waals surface area contributed by atoms with Crippen LogP contribution in [0.5, 0.6) is 5.75 Å². The Kier molecular flexibility index (Phi) is 5.38. The average Bonchev–Trinajstić information content (AvgIpc) is 3.16. The molecule has 25 heavy (non-hydrogen) atoms. The van der Waals surface area contributed by atoms with Gasteiger partial charge in [-0.25, -0.2) is 4.98 Å². The SMILES string of the molecule is CCc1ncc(C(=O)N2CCN([C@@H](C)c3cccc(OC)c3)CC2)[nH]1. The van der Waals surface area contributed by atoms with Gasteiger partial charge in [-0.1, -0.05) is 19.1 Å². The van der Waals surface area contributed by atoms with E-state index in [1.165, 1.54) is 5.56 Å². The number of aryl methyl sites for hydroxylation is 1. The third kappa shape index (κ3) is 3.85. The van der Waals surface area contributed by atoms with Gasteiger partial charge in [0, 0.05) is 38.6 Å². The third-order valence-corrected chi connectivity index (χ3v) is 4.92. The van der Waals surface area contributed by atoms with Crippen LogP contribution in [0.3, 0.4) is 0 Å². The molecule has 2 aromatic rings. The van der Waals surface area contributed by atoms with Gasteiger partial charge in [-0.05, 0) is 24.6 Å². The summed E-state index contributed by atoms with van der Waals surface area (Å²) in [5.74, 6) is 1.78. The minimum absolute atomic E-state index is 0.0425. The fourth-order valence-electron chi connectivity index (χ4n) is 3.25. The Morgan fingerprint density at radius 1 is 1.32 bits per heavy atom. The van der Waals surface area contributed by atoms with Crippen LogP contribution in [-0.4, -0.2) is 59.0 Å². The van der Waals surface area contributed by atoms with E-state index < -0.39 is 0 Å². The molecule has 0 unspecified atom stereocenters. The van der Waals surface area contributed by atoms with E-state index >= 15 is 0 Å². The van der Waals surface area contributed by atoms with E-state index in [-0.39, 0.29) is 5.91 Å². The Labute approximate surface area is 148 Å². The second-order valence-corrected chi connectivity index (χ2v) is 6.38. The highest BCUT2D eigenvalue weighted by molar-refractivity contribution is 5.92. The van der Waals surface area contributed by atoms with Gasteiger partial charge in [0.25, 0.3) is 5.91 Å². The molecule has 6 heteroatoms. The maximum absolute atomic E-state index is 12.6. The van der Waals surface area contributed by atoms with E-state index in [1.807, 2.05) is 24.0 Å². The molecule has 3 rings (SSSR count). The lowest BCUT2D eigenvalue weighted by Crippen LogP contribution is -2.49. The van der Waals surface area contributed by atoms with Crippen molar-refractivity contribution in [1.29, 1.82) is 0 Å². The fourth-order valence-corrected chi connectivity index (χ4v) is 3.25. The van der Waals surface area contributed by atoms with Gasteiger partial charge in [0.2, 0.25) is 0 Å². The van der Waals surface area contributed by atoms with Gasteiger partial charge in [-0.2, -0.15) is 0 Å². The van der Waals surface area contributed by atoms with Crippen molar-refractivity contribution >= 4 is 5.91 Å². The van der Waals surface area contributed by atoms with Gasteiger partial charge in [-0.3, -0.25) is 9.69 Å². The molecule has 1 N–H and O–H groups in total. The topological polar surface area (TPSA) is 61.5 Å². The second kappa shape index (κ2) is 7.70. The van der Waals surface area contributed by atoms with Crippen LogP contribution in [0.25, 0.3) is 0 Å². The number of benzene rings is 1. The van der Waals surface area contributed by atoms with Crippen molar-refractivity contribution in [2.45, 2.75) is 26.3 Å². The zero-order valence-corrected chi connectivity index (χ0v) is 15.2. The van der Waals surface area contributed by atoms with Crippen LogP contribution in [0, 0.1) is 0 Å². The number of ether oxygens (including phenoxy) is 1. The first-order valence-electron chi connectivity index (χ1n) is 8.83. The molecule has 0 saturated carbocycles. The molecule has 0 aliphatic carbocycles. The predicted molar refractivity (Wildman–Crippen MR) is 96.9 cm³/mol. The highest BCUT2D eigenvalue weighted by atomic mass is 16.5. The van der Waals surface area contributed by atoms with Crippen molar-refractivity contribution in [3.63, 3.8) is 0 Å². The van der Waals surface area contributed by atoms with Crippen molar-refractivity contribution in [2.24, 2.45) is 0 Å². The number of imidazole rings is 1. The van der Waals surface area contributed by atoms with Gasteiger partial charge in [0.05, 0.1) is 13.3 Å². The molecule has 1 fully saturated rings. The molecule has 1 saturated heterocycles. The Hall–Kier alpha value is -2.34. The number of nitrogens with zero attached hydrogens (tertiary/aromatic N) is 3. The number of carbonyl (C=O) groups excluding carboxylic acids is 1. The Morgan fingerprint density at radius 3 is 2.72 bits per heavy atom. The van der Waals surface area contributed by atoms with Crippen LogP contribution >= 0.6 is 0 Å². The van der Waals surface area contributed by atoms with Crippen LogP contribution in [-0.2, 0) is 6.42 Å². The van der Waals surface area contributed by atoms with E-state index in [0.29, 0.717) is 11.7 Å². The molecular weight excluding hydrogens is 316 g/mol. The van der Waals surface area contributed by atoms with E-state index in [0.717, 1.165) is 44.2 Å². The van der Waals surface area contributed by atoms with E-state index in [9.17, 15) is 4.79 Å². The van der Waals surface area contributed by atoms with Gasteiger partial charge >= 0.3 is 0 Å². The summed E-state index contributed by atoms with van der Waals surface area (Å²) in [5.41, 5.74) is 1.83. The van der Waals surface area contributed by atoms with E-state index in [4.69, 9.17) is 4.74 Å². The Balaban J connectivity index is 1.60. The third-order valence-electron chi connectivity index (χ3n) is 4.92. The summed E-state index contributed by atoms with van der Waals surface area (Å²) in [6, 6.07) is 8.49. The minimum atomic E-state index is 0.0425. The molecule has 1 aliphatic heterocycles. The lowest BCUT2D eigenvalue weighted by atomic mass is 10.1. The first-order chi connectivity index (χ1) is 12.1. The van der Waals surface area contributed by atoms with Crippen LogP contribution < -0.4 is 4.74 Å². The van der Waals surface area contributed by atoms with E-state index in [1.54, 1.807) is 13.3 Å². The van der Waals surface area contributed by atoms with Crippen molar-refractivity contribution in [3.05, 3.63) is 47.5 Å². The van der Waals surface area contributed by atoms with Crippen molar-refractivity contribution in [1.82, 2.24) is 19.8 Å². The van der Waals surface area contributed by atoms with Gasteiger partial charge in [-0.15, -0.1) is 0 Å². The molecule has 1 atom stereocenters. The van der Waals surface area contributed by atoms with Crippen LogP contribution in [0.1, 0.15) is 41.8 Å². The first-order valence-corrected chi connectivity index (χ1v) is 8.83. The second-order valence-electron chi connectivity index (χ2n) is 6.38. The molecule has 1 amide bonds. The largest absolute Gasteiger partial charge is 0.497 e. The Bertz CT molecular complexity index is 720. The zero-order chi connectivity index (χ0) is 17.8. The molecule has 6 nitrogen and oxygen atoms in total. The van der Waals surface area contributed by atoms with Gasteiger partial charge in [0.1, 0.15) is 17.3 Å². The number of amides is 1. The van der Waals surface area contributed by atoms with Crippen LogP contribution in [0.15, 0.2) is 30.5 Å². The van der Waals surface area contributed by atoms with Crippen molar-refractivity contribution < 1.29 is 9.53 Å². The van der Waals surface area contributed by atoms with Crippen LogP contribution in [0.4, 0.5) is 0 Å². The zero-order valence-electron chi connectivity index (χ0n) is 15.2. The summed E-state index contributed by atoms with van der Waals surface area (Å²) in [7, 11) is 1.69. The number of hydrogen-bond donors (Lipinski definition) is 1. The summed E-state index contributed by atoms with van der Waals surface area (Å²) in [4.78, 5) is 24.2. The number of piperazine rings is 1. The maximum atomic E-state index is 12.6. The number of hydrogen-bond acceptors (Lipinski definition) is 4. The number of nitrogens with one attached hydrogen (secondary N) is 1. The number of rotatable bonds is 5. The monoisotopic (exact) mass is 342 g/mol. The van der Waals surface area contributed by atoms with Gasteiger partial charge < -0.3 is 14.6 Å². The fraction of sp³-hybridized carbons (Fsp3) is 0.474. The number of H-pyrrole nitrogens is 1. The molecule has 2 heterocycles. The lowest BCUT2D eigenvalue weighted by molar-refractivity contribution is 0.0577. The first kappa shape index (κ1) is 17.5. The molecular formula is C19H26N4O2. The molecule has 1 aromatic heterocycles. The normalized spacial score (nSPS) is 16.7. The average molecular weight is 342 g/mol. The summed E-state index contributed by atoms with van der Waals surface area (Å²) >= 11 is 0. The molecule has 0 spiro atoms. The molecule has 0 bridgehead atoms. The highest BCUT2D eigenvalue weighted by Crippen LogP contribution is 2.25. The summed E-state index contributed by atoms with van der Waals surface area (Å²) in [6.07, 6.45) is 2.45. The molecule has 0 radical (unpaired) electrons. The van der Waals surface area contributed by atoms with Crippen molar-refractivity contribution in [2.75, 3.05) is 33.3 Å². The number of carbonyl (C=O) groups is 1. The molecule has 1 aromatic carbocycles. The van der Waals surface area contributed by atoms with Gasteiger partial charge in [0.15, 0.2) is 0 Å². The lowest BCUT2D eigenvalue weighted by Gasteiger charge is -2.38. The number of methoxy groups -OCH3 is 1. The highest BCUT2D eigenvalue weighted by Gasteiger charge is 2.26. The summed E-state index contributed by atoms with van der Waals surface area (Å²) in [6.45, 7) is 7.40. The smallest absolute Gasteiger partial charge is 0.272 e. The quantitative estimate of drug-likeness (QED) is 0.907. The molecule has 134 valence electrons. The Morgan fingerprint density at radius 2 is 2.08 bits per heavy atom. The summed E-state index contributed by atoms with van der Waals surface area (Å²) in [5, 5.41) is 0. The number of aromatic amines is 1. The van der Waals surface area contributed by atoms with Crippen LogP contribution in [0.2, 0.25) is 0 Å².